The molecule has 6 nitrogen and oxygen atoms in total. The van der Waals surface area contributed by atoms with Crippen LogP contribution in [0.3, 0.4) is 0 Å². The summed E-state index contributed by atoms with van der Waals surface area (Å²) in [6, 6.07) is 12.2. The van der Waals surface area contributed by atoms with Crippen molar-refractivity contribution >= 4 is 16.6 Å². The molecule has 0 aliphatic carbocycles. The van der Waals surface area contributed by atoms with E-state index in [-0.39, 0.29) is 5.69 Å². The SMILES string of the molecule is COc1ccc(-n2cc3ccccc3n2)c([N+](=O)[O-])c1. The molecule has 0 N–H and O–H groups in total. The number of benzene rings is 2. The molecule has 1 aromatic heterocycles. The van der Waals surface area contributed by atoms with E-state index in [1.54, 1.807) is 18.3 Å². The second-order valence-corrected chi connectivity index (χ2v) is 4.24. The smallest absolute Gasteiger partial charge is 0.298 e. The summed E-state index contributed by atoms with van der Waals surface area (Å²) < 4.78 is 6.54. The molecule has 0 amide bonds. The van der Waals surface area contributed by atoms with Crippen LogP contribution in [0.25, 0.3) is 16.6 Å². The first-order chi connectivity index (χ1) is 9.69. The average molecular weight is 269 g/mol. The molecule has 1 heterocycles. The molecule has 0 aliphatic rings. The highest BCUT2D eigenvalue weighted by Gasteiger charge is 2.17. The molecule has 0 saturated heterocycles. The Balaban J connectivity index is 2.20. The van der Waals surface area contributed by atoms with E-state index in [1.165, 1.54) is 17.9 Å². The normalized spacial score (nSPS) is 10.7. The molecular weight excluding hydrogens is 258 g/mol. The number of fused-ring (bicyclic) bond motifs is 1. The molecule has 0 atom stereocenters. The van der Waals surface area contributed by atoms with E-state index >= 15 is 0 Å². The lowest BCUT2D eigenvalue weighted by molar-refractivity contribution is -0.384. The highest BCUT2D eigenvalue weighted by Crippen LogP contribution is 2.28. The van der Waals surface area contributed by atoms with Crippen LogP contribution in [-0.2, 0) is 0 Å². The zero-order valence-electron chi connectivity index (χ0n) is 10.7. The third-order valence-electron chi connectivity index (χ3n) is 3.04. The number of hydrogen-bond acceptors (Lipinski definition) is 4. The maximum atomic E-state index is 11.2. The predicted octanol–water partition coefficient (Wildman–Crippen LogP) is 2.94. The van der Waals surface area contributed by atoms with Gasteiger partial charge in [0.1, 0.15) is 11.4 Å². The zero-order chi connectivity index (χ0) is 14.1. The number of rotatable bonds is 3. The van der Waals surface area contributed by atoms with E-state index in [9.17, 15) is 10.1 Å². The van der Waals surface area contributed by atoms with Gasteiger partial charge in [0, 0.05) is 11.6 Å². The molecule has 0 bridgehead atoms. The van der Waals surface area contributed by atoms with E-state index in [0.717, 1.165) is 10.9 Å². The summed E-state index contributed by atoms with van der Waals surface area (Å²) in [6.45, 7) is 0. The molecule has 0 spiro atoms. The Kier molecular flexibility index (Phi) is 2.83. The fourth-order valence-electron chi connectivity index (χ4n) is 2.06. The second kappa shape index (κ2) is 4.65. The topological polar surface area (TPSA) is 70.2 Å². The van der Waals surface area contributed by atoms with Gasteiger partial charge in [0.15, 0.2) is 0 Å². The van der Waals surface area contributed by atoms with Crippen LogP contribution in [-0.4, -0.2) is 21.8 Å². The first-order valence-corrected chi connectivity index (χ1v) is 5.96. The molecule has 0 aliphatic heterocycles. The van der Waals surface area contributed by atoms with Gasteiger partial charge in [0.2, 0.25) is 0 Å². The van der Waals surface area contributed by atoms with Crippen molar-refractivity contribution in [3.8, 4) is 11.4 Å². The van der Waals surface area contributed by atoms with Gasteiger partial charge in [-0.3, -0.25) is 10.1 Å². The van der Waals surface area contributed by atoms with Crippen molar-refractivity contribution in [2.75, 3.05) is 7.11 Å². The largest absolute Gasteiger partial charge is 0.496 e. The maximum Gasteiger partial charge on any atom is 0.298 e. The minimum Gasteiger partial charge on any atom is -0.496 e. The van der Waals surface area contributed by atoms with Crippen LogP contribution in [0.4, 0.5) is 5.69 Å². The summed E-state index contributed by atoms with van der Waals surface area (Å²) in [7, 11) is 1.47. The molecule has 3 aromatic rings. The number of nitrogens with zero attached hydrogens (tertiary/aromatic N) is 3. The lowest BCUT2D eigenvalue weighted by Gasteiger charge is -2.05. The van der Waals surface area contributed by atoms with E-state index < -0.39 is 4.92 Å². The Morgan fingerprint density at radius 1 is 1.25 bits per heavy atom. The Bertz CT molecular complexity index is 762. The summed E-state index contributed by atoms with van der Waals surface area (Å²) in [5.74, 6) is 0.442. The maximum absolute atomic E-state index is 11.2. The van der Waals surface area contributed by atoms with Gasteiger partial charge in [0.05, 0.1) is 23.6 Å². The molecule has 0 unspecified atom stereocenters. The average Bonchev–Trinajstić information content (AvgIpc) is 2.90. The third kappa shape index (κ3) is 1.97. The van der Waals surface area contributed by atoms with Gasteiger partial charge in [-0.1, -0.05) is 18.2 Å². The van der Waals surface area contributed by atoms with Crippen LogP contribution in [0, 0.1) is 10.1 Å². The standard InChI is InChI=1S/C14H11N3O3/c1-20-11-6-7-13(14(8-11)17(18)19)16-9-10-4-2-3-5-12(10)15-16/h2-9H,1H3. The monoisotopic (exact) mass is 269 g/mol. The number of nitro groups is 1. The van der Waals surface area contributed by atoms with E-state index in [2.05, 4.69) is 5.10 Å². The minimum atomic E-state index is -0.440. The van der Waals surface area contributed by atoms with Crippen LogP contribution in [0.5, 0.6) is 5.75 Å². The fourth-order valence-corrected chi connectivity index (χ4v) is 2.06. The van der Waals surface area contributed by atoms with Crippen molar-refractivity contribution < 1.29 is 9.66 Å². The highest BCUT2D eigenvalue weighted by molar-refractivity contribution is 5.78. The molecule has 3 rings (SSSR count). The van der Waals surface area contributed by atoms with Crippen LogP contribution in [0.1, 0.15) is 0 Å². The summed E-state index contributed by atoms with van der Waals surface area (Å²) in [4.78, 5) is 10.7. The van der Waals surface area contributed by atoms with Crippen molar-refractivity contribution in [2.45, 2.75) is 0 Å². The molecule has 2 aromatic carbocycles. The lowest BCUT2D eigenvalue weighted by Crippen LogP contribution is -2.01. The summed E-state index contributed by atoms with van der Waals surface area (Å²) in [5, 5.41) is 16.5. The Morgan fingerprint density at radius 3 is 2.75 bits per heavy atom. The van der Waals surface area contributed by atoms with Crippen molar-refractivity contribution in [1.82, 2.24) is 9.78 Å². The van der Waals surface area contributed by atoms with Crippen molar-refractivity contribution in [3.63, 3.8) is 0 Å². The Labute approximate surface area is 114 Å². The van der Waals surface area contributed by atoms with Gasteiger partial charge in [-0.2, -0.15) is 5.10 Å². The van der Waals surface area contributed by atoms with Gasteiger partial charge in [-0.05, 0) is 18.2 Å². The first kappa shape index (κ1) is 12.2. The number of hydrogen-bond donors (Lipinski definition) is 0. The van der Waals surface area contributed by atoms with Gasteiger partial charge in [-0.15, -0.1) is 0 Å². The van der Waals surface area contributed by atoms with E-state index in [4.69, 9.17) is 4.74 Å². The van der Waals surface area contributed by atoms with Gasteiger partial charge < -0.3 is 4.74 Å². The van der Waals surface area contributed by atoms with Crippen LogP contribution >= 0.6 is 0 Å². The molecule has 0 saturated carbocycles. The van der Waals surface area contributed by atoms with Crippen molar-refractivity contribution in [2.24, 2.45) is 0 Å². The molecule has 100 valence electrons. The van der Waals surface area contributed by atoms with Gasteiger partial charge in [-0.25, -0.2) is 4.68 Å². The van der Waals surface area contributed by atoms with Crippen molar-refractivity contribution in [3.05, 3.63) is 58.8 Å². The summed E-state index contributed by atoms with van der Waals surface area (Å²) in [6.07, 6.45) is 1.77. The van der Waals surface area contributed by atoms with E-state index in [1.807, 2.05) is 24.3 Å². The van der Waals surface area contributed by atoms with Gasteiger partial charge in [0.25, 0.3) is 5.69 Å². The summed E-state index contributed by atoms with van der Waals surface area (Å²) >= 11 is 0. The molecule has 0 radical (unpaired) electrons. The molecule has 0 fully saturated rings. The van der Waals surface area contributed by atoms with Crippen molar-refractivity contribution in [1.29, 1.82) is 0 Å². The quantitative estimate of drug-likeness (QED) is 0.541. The molecular formula is C14H11N3O3. The second-order valence-electron chi connectivity index (χ2n) is 4.24. The first-order valence-electron chi connectivity index (χ1n) is 5.96. The highest BCUT2D eigenvalue weighted by atomic mass is 16.6. The van der Waals surface area contributed by atoms with Crippen LogP contribution in [0.15, 0.2) is 48.7 Å². The third-order valence-corrected chi connectivity index (χ3v) is 3.04. The fraction of sp³-hybridized carbons (Fsp3) is 0.0714. The summed E-state index contributed by atoms with van der Waals surface area (Å²) in [5.41, 5.74) is 1.15. The predicted molar refractivity (Wildman–Crippen MR) is 74.3 cm³/mol. The number of ether oxygens (including phenoxy) is 1. The number of aromatic nitrogens is 2. The molecule has 20 heavy (non-hydrogen) atoms. The number of methoxy groups -OCH3 is 1. The Morgan fingerprint density at radius 2 is 2.05 bits per heavy atom. The van der Waals surface area contributed by atoms with Gasteiger partial charge >= 0.3 is 0 Å². The van der Waals surface area contributed by atoms with Crippen LogP contribution in [0.2, 0.25) is 0 Å². The Hall–Kier alpha value is -2.89. The van der Waals surface area contributed by atoms with Crippen LogP contribution < -0.4 is 4.74 Å². The minimum absolute atomic E-state index is 0.0443. The number of nitro benzene ring substituents is 1. The lowest BCUT2D eigenvalue weighted by atomic mass is 10.2. The zero-order valence-corrected chi connectivity index (χ0v) is 10.7. The molecule has 6 heteroatoms. The van der Waals surface area contributed by atoms with E-state index in [0.29, 0.717) is 11.4 Å².